The number of amides is 2. The summed E-state index contributed by atoms with van der Waals surface area (Å²) in [5, 5.41) is 24.1. The topological polar surface area (TPSA) is 99.1 Å². The van der Waals surface area contributed by atoms with Gasteiger partial charge in [-0.1, -0.05) is 24.3 Å². The average molecular weight is 549 g/mol. The summed E-state index contributed by atoms with van der Waals surface area (Å²) in [4.78, 5) is 29.4. The normalized spacial score (nSPS) is 34.9. The van der Waals surface area contributed by atoms with Gasteiger partial charge in [-0.3, -0.25) is 9.59 Å². The molecule has 1 aromatic carbocycles. The second kappa shape index (κ2) is 11.3. The molecule has 4 bridgehead atoms. The Balaban J connectivity index is 1.34. The molecule has 4 saturated carbocycles. The van der Waals surface area contributed by atoms with Gasteiger partial charge < -0.3 is 25.2 Å². The molecule has 0 saturated heterocycles. The third kappa shape index (κ3) is 5.11. The minimum atomic E-state index is -0.960. The molecule has 40 heavy (non-hydrogen) atoms. The Morgan fingerprint density at radius 2 is 1.80 bits per heavy atom. The number of aliphatic hydroxyl groups is 2. The van der Waals surface area contributed by atoms with Gasteiger partial charge in [0.25, 0.3) is 0 Å². The molecule has 1 aromatic rings. The quantitative estimate of drug-likeness (QED) is 0.286. The van der Waals surface area contributed by atoms with Gasteiger partial charge in [0.2, 0.25) is 11.8 Å². The van der Waals surface area contributed by atoms with Crippen LogP contribution < -0.4 is 10.1 Å². The van der Waals surface area contributed by atoms with Gasteiger partial charge in [0.1, 0.15) is 18.0 Å². The van der Waals surface area contributed by atoms with Crippen molar-refractivity contribution < 1.29 is 24.5 Å². The van der Waals surface area contributed by atoms with Crippen molar-refractivity contribution in [1.82, 2.24) is 10.2 Å². The van der Waals surface area contributed by atoms with Crippen LogP contribution in [0.25, 0.3) is 0 Å². The summed E-state index contributed by atoms with van der Waals surface area (Å²) in [5.41, 5.74) is 1.47. The molecule has 4 atom stereocenters. The van der Waals surface area contributed by atoms with Crippen molar-refractivity contribution >= 4 is 11.8 Å². The standard InChI is InChI=1S/C33H44N2O5/c1-2-3-4-5-10-28(37)35(20-33-17-21-13-22(18-33)15-23(14-21)19-33)26-16-25(32(39)34-11-12-36)29-24-8-6-7-9-27(24)40-31(29)30(26)38/h2,6-9,16,21-23,26,29-31,36,38H,1,3-5,10-15,17-20H2,(H,34,39). The molecule has 5 aliphatic carbocycles. The number of benzene rings is 1. The first-order valence-electron chi connectivity index (χ1n) is 15.4. The number of nitrogens with zero attached hydrogens (tertiary/aromatic N) is 1. The number of aliphatic hydroxyl groups excluding tert-OH is 2. The second-order valence-corrected chi connectivity index (χ2v) is 13.2. The zero-order chi connectivity index (χ0) is 27.9. The molecule has 1 aliphatic heterocycles. The highest BCUT2D eigenvalue weighted by molar-refractivity contribution is 5.96. The molecule has 0 aromatic heterocycles. The lowest BCUT2D eigenvalue weighted by Crippen LogP contribution is -2.59. The Morgan fingerprint density at radius 1 is 1.10 bits per heavy atom. The molecule has 4 fully saturated rings. The smallest absolute Gasteiger partial charge is 0.247 e. The Labute approximate surface area is 237 Å². The molecule has 4 unspecified atom stereocenters. The van der Waals surface area contributed by atoms with E-state index in [4.69, 9.17) is 4.74 Å². The fourth-order valence-corrected chi connectivity index (χ4v) is 9.10. The highest BCUT2D eigenvalue weighted by Crippen LogP contribution is 2.60. The van der Waals surface area contributed by atoms with Gasteiger partial charge in [0.15, 0.2) is 0 Å². The maximum atomic E-state index is 14.0. The number of carbonyl (C=O) groups is 2. The van der Waals surface area contributed by atoms with E-state index in [1.54, 1.807) is 0 Å². The van der Waals surface area contributed by atoms with Crippen LogP contribution in [0.5, 0.6) is 5.75 Å². The van der Waals surface area contributed by atoms with Crippen molar-refractivity contribution in [2.75, 3.05) is 19.7 Å². The van der Waals surface area contributed by atoms with Gasteiger partial charge in [-0.15, -0.1) is 6.58 Å². The van der Waals surface area contributed by atoms with Gasteiger partial charge in [0, 0.05) is 30.6 Å². The van der Waals surface area contributed by atoms with E-state index in [0.717, 1.165) is 61.8 Å². The van der Waals surface area contributed by atoms with Crippen molar-refractivity contribution in [2.45, 2.75) is 88.4 Å². The molecule has 2 amide bonds. The molecular formula is C33H44N2O5. The van der Waals surface area contributed by atoms with E-state index in [-0.39, 0.29) is 30.4 Å². The molecule has 0 spiro atoms. The fraction of sp³-hybridized carbons (Fsp3) is 0.636. The summed E-state index contributed by atoms with van der Waals surface area (Å²) in [5.74, 6) is 2.25. The lowest BCUT2D eigenvalue weighted by atomic mass is 9.49. The van der Waals surface area contributed by atoms with Crippen LogP contribution in [0.4, 0.5) is 0 Å². The molecule has 7 heteroatoms. The summed E-state index contributed by atoms with van der Waals surface area (Å²) < 4.78 is 6.31. The third-order valence-electron chi connectivity index (χ3n) is 10.3. The number of nitrogens with one attached hydrogen (secondary N) is 1. The fourth-order valence-electron chi connectivity index (χ4n) is 9.10. The number of fused-ring (bicyclic) bond motifs is 3. The number of hydrogen-bond acceptors (Lipinski definition) is 5. The van der Waals surface area contributed by atoms with E-state index in [1.807, 2.05) is 41.3 Å². The van der Waals surface area contributed by atoms with Crippen LogP contribution in [-0.2, 0) is 9.59 Å². The highest BCUT2D eigenvalue weighted by atomic mass is 16.5. The van der Waals surface area contributed by atoms with E-state index in [2.05, 4.69) is 11.9 Å². The van der Waals surface area contributed by atoms with Crippen molar-refractivity contribution in [2.24, 2.45) is 23.2 Å². The third-order valence-corrected chi connectivity index (χ3v) is 10.3. The first kappa shape index (κ1) is 27.5. The summed E-state index contributed by atoms with van der Waals surface area (Å²) in [6.07, 6.45) is 12.5. The molecule has 0 radical (unpaired) electrons. The van der Waals surface area contributed by atoms with Crippen LogP contribution in [0.3, 0.4) is 0 Å². The van der Waals surface area contributed by atoms with Crippen LogP contribution in [0.1, 0.15) is 75.7 Å². The average Bonchev–Trinajstić information content (AvgIpc) is 3.33. The Bertz CT molecular complexity index is 1130. The number of carbonyl (C=O) groups excluding carboxylic acids is 2. The maximum Gasteiger partial charge on any atom is 0.247 e. The molecule has 216 valence electrons. The second-order valence-electron chi connectivity index (χ2n) is 13.2. The summed E-state index contributed by atoms with van der Waals surface area (Å²) >= 11 is 0. The van der Waals surface area contributed by atoms with E-state index in [0.29, 0.717) is 24.3 Å². The zero-order valence-corrected chi connectivity index (χ0v) is 23.5. The summed E-state index contributed by atoms with van der Waals surface area (Å²) in [6.45, 7) is 4.42. The van der Waals surface area contributed by atoms with Crippen molar-refractivity contribution in [1.29, 1.82) is 0 Å². The van der Waals surface area contributed by atoms with Crippen molar-refractivity contribution in [3.63, 3.8) is 0 Å². The first-order valence-corrected chi connectivity index (χ1v) is 15.4. The monoisotopic (exact) mass is 548 g/mol. The zero-order valence-electron chi connectivity index (χ0n) is 23.5. The molecule has 6 aliphatic rings. The van der Waals surface area contributed by atoms with Crippen molar-refractivity contribution in [3.8, 4) is 5.75 Å². The number of unbranched alkanes of at least 4 members (excludes halogenated alkanes) is 2. The Hall–Kier alpha value is -2.64. The molecule has 1 heterocycles. The van der Waals surface area contributed by atoms with Gasteiger partial charge in [-0.2, -0.15) is 0 Å². The molecule has 7 rings (SSSR count). The van der Waals surface area contributed by atoms with Gasteiger partial charge >= 0.3 is 0 Å². The number of para-hydroxylation sites is 1. The highest BCUT2D eigenvalue weighted by Gasteiger charge is 2.55. The lowest BCUT2D eigenvalue weighted by Gasteiger charge is -2.58. The Morgan fingerprint density at radius 3 is 2.48 bits per heavy atom. The Kier molecular flexibility index (Phi) is 7.79. The summed E-state index contributed by atoms with van der Waals surface area (Å²) in [7, 11) is 0. The number of allylic oxidation sites excluding steroid dienone is 1. The predicted molar refractivity (Wildman–Crippen MR) is 153 cm³/mol. The van der Waals surface area contributed by atoms with E-state index in [9.17, 15) is 19.8 Å². The van der Waals surface area contributed by atoms with Crippen molar-refractivity contribution in [3.05, 3.63) is 54.1 Å². The van der Waals surface area contributed by atoms with Crippen LogP contribution in [0, 0.1) is 23.2 Å². The van der Waals surface area contributed by atoms with E-state index >= 15 is 0 Å². The lowest BCUT2D eigenvalue weighted by molar-refractivity contribution is -0.145. The minimum absolute atomic E-state index is 0.0455. The summed E-state index contributed by atoms with van der Waals surface area (Å²) in [6, 6.07) is 6.97. The SMILES string of the molecule is C=CCCCCC(=O)N(CC12CC3CC(CC(C3)C1)C2)C1C=C(C(=O)NCCO)C2c3ccccc3OC2C1O. The van der Waals surface area contributed by atoms with Crippen LogP contribution >= 0.6 is 0 Å². The molecule has 7 nitrogen and oxygen atoms in total. The van der Waals surface area contributed by atoms with Crippen LogP contribution in [0.2, 0.25) is 0 Å². The van der Waals surface area contributed by atoms with Gasteiger partial charge in [-0.05, 0) is 93.1 Å². The first-order chi connectivity index (χ1) is 19.4. The van der Waals surface area contributed by atoms with E-state index in [1.165, 1.54) is 19.3 Å². The number of hydrogen-bond donors (Lipinski definition) is 3. The molecule has 3 N–H and O–H groups in total. The van der Waals surface area contributed by atoms with Gasteiger partial charge in [0.05, 0.1) is 18.6 Å². The minimum Gasteiger partial charge on any atom is -0.486 e. The largest absolute Gasteiger partial charge is 0.486 e. The number of rotatable bonds is 11. The maximum absolute atomic E-state index is 14.0. The molecular weight excluding hydrogens is 504 g/mol. The number of ether oxygens (including phenoxy) is 1. The van der Waals surface area contributed by atoms with E-state index < -0.39 is 24.2 Å². The van der Waals surface area contributed by atoms with Crippen LogP contribution in [0.15, 0.2) is 48.6 Å². The van der Waals surface area contributed by atoms with Gasteiger partial charge in [-0.25, -0.2) is 0 Å². The predicted octanol–water partition coefficient (Wildman–Crippen LogP) is 4.10. The van der Waals surface area contributed by atoms with Crippen LogP contribution in [-0.4, -0.2) is 64.9 Å².